The van der Waals surface area contributed by atoms with Crippen LogP contribution in [0.5, 0.6) is 11.5 Å². The van der Waals surface area contributed by atoms with Gasteiger partial charge in [0.05, 0.1) is 25.6 Å². The number of methoxy groups -OCH3 is 2. The molecule has 6 heteroatoms. The van der Waals surface area contributed by atoms with Gasteiger partial charge in [0.15, 0.2) is 17.3 Å². The van der Waals surface area contributed by atoms with Crippen molar-refractivity contribution in [2.45, 2.75) is 26.3 Å². The largest absolute Gasteiger partial charge is 0.493 e. The highest BCUT2D eigenvalue weighted by Gasteiger charge is 2.18. The first-order chi connectivity index (χ1) is 21.0. The lowest BCUT2D eigenvalue weighted by molar-refractivity contribution is 0.0967. The van der Waals surface area contributed by atoms with Crippen LogP contribution in [-0.4, -0.2) is 37.9 Å². The number of ether oxygens (including phenoxy) is 2. The Morgan fingerprint density at radius 3 is 2.21 bits per heavy atom. The summed E-state index contributed by atoms with van der Waals surface area (Å²) in [6.07, 6.45) is 7.77. The third kappa shape index (κ3) is 8.69. The van der Waals surface area contributed by atoms with E-state index in [4.69, 9.17) is 14.5 Å². The van der Waals surface area contributed by atoms with E-state index in [1.54, 1.807) is 26.4 Å². The second-order valence-corrected chi connectivity index (χ2v) is 9.98. The molecule has 4 aromatic carbocycles. The monoisotopic (exact) mass is 573 g/mol. The van der Waals surface area contributed by atoms with Crippen LogP contribution in [0, 0.1) is 0 Å². The lowest BCUT2D eigenvalue weighted by Crippen LogP contribution is -2.36. The van der Waals surface area contributed by atoms with Crippen molar-refractivity contribution >= 4 is 17.4 Å². The molecule has 0 saturated heterocycles. The Labute approximate surface area is 255 Å². The zero-order valence-corrected chi connectivity index (χ0v) is 25.3. The number of unbranched alkanes of at least 4 members (excludes halogenated alkanes) is 1. The lowest BCUT2D eigenvalue weighted by atomic mass is 10.1. The minimum Gasteiger partial charge on any atom is -0.493 e. The van der Waals surface area contributed by atoms with E-state index in [0.29, 0.717) is 35.1 Å². The number of carbonyl (C=O) groups excluding carboxylic acids is 1. The number of aliphatic imine (C=N–C) groups is 1. The molecule has 0 heterocycles. The number of hydrogen-bond acceptors (Lipinski definition) is 4. The number of amides is 1. The molecule has 4 aromatic rings. The Kier molecular flexibility index (Phi) is 11.3. The first-order valence-electron chi connectivity index (χ1n) is 14.4. The molecular weight excluding hydrogens is 534 g/mol. The third-order valence-corrected chi connectivity index (χ3v) is 6.86. The number of rotatable bonds is 12. The van der Waals surface area contributed by atoms with Gasteiger partial charge < -0.3 is 19.7 Å². The van der Waals surface area contributed by atoms with Crippen molar-refractivity contribution in [2.24, 2.45) is 4.99 Å². The molecule has 4 rings (SSSR count). The molecule has 0 unspecified atom stereocenters. The molecule has 1 amide bonds. The van der Waals surface area contributed by atoms with Crippen LogP contribution in [0.4, 0.5) is 5.69 Å². The van der Waals surface area contributed by atoms with Crippen molar-refractivity contribution in [2.75, 3.05) is 21.3 Å². The number of carbonyl (C=O) groups is 1. The molecule has 0 bridgehead atoms. The normalized spacial score (nSPS) is 11.8. The van der Waals surface area contributed by atoms with E-state index < -0.39 is 0 Å². The topological polar surface area (TPSA) is 63.2 Å². The molecule has 0 aliphatic rings. The number of amidine groups is 1. The van der Waals surface area contributed by atoms with Gasteiger partial charge in [-0.15, -0.1) is 0 Å². The zero-order valence-electron chi connectivity index (χ0n) is 25.3. The number of nitrogens with zero attached hydrogens (tertiary/aromatic N) is 2. The van der Waals surface area contributed by atoms with Crippen molar-refractivity contribution in [1.82, 2.24) is 10.2 Å². The Hall–Kier alpha value is -5.10. The molecule has 220 valence electrons. The molecular formula is C37H39N3O3. The fourth-order valence-corrected chi connectivity index (χ4v) is 4.66. The molecule has 0 saturated carbocycles. The standard InChI is InChI=1S/C37H39N3O3/c1-5-6-7-14-22-33(39-37(41)30-18-12-9-13-19-30)36(40(2)27-28-23-24-34(42-3)35(25-28)43-4)38-32-21-15-20-31(26-32)29-16-10-8-11-17-29/h5-6,8-13,15-26H,7,14,27H2,1-4H3,(H,39,41)/b6-5+,33-22+,38-36?. The van der Waals surface area contributed by atoms with Gasteiger partial charge in [-0.05, 0) is 72.9 Å². The van der Waals surface area contributed by atoms with E-state index in [1.165, 1.54) is 0 Å². The second kappa shape index (κ2) is 15.8. The maximum atomic E-state index is 13.4. The summed E-state index contributed by atoms with van der Waals surface area (Å²) >= 11 is 0. The molecule has 0 aliphatic heterocycles. The number of benzene rings is 4. The van der Waals surface area contributed by atoms with E-state index in [0.717, 1.165) is 35.2 Å². The second-order valence-electron chi connectivity index (χ2n) is 9.98. The lowest BCUT2D eigenvalue weighted by Gasteiger charge is -2.25. The summed E-state index contributed by atoms with van der Waals surface area (Å²) in [6.45, 7) is 2.52. The van der Waals surface area contributed by atoms with Gasteiger partial charge in [0.2, 0.25) is 0 Å². The molecule has 0 aliphatic carbocycles. The molecule has 6 nitrogen and oxygen atoms in total. The summed E-state index contributed by atoms with van der Waals surface area (Å²) in [7, 11) is 5.23. The predicted molar refractivity (Wildman–Crippen MR) is 176 cm³/mol. The molecule has 0 radical (unpaired) electrons. The quantitative estimate of drug-likeness (QED) is 0.0803. The van der Waals surface area contributed by atoms with Crippen LogP contribution in [0.3, 0.4) is 0 Å². The first kappa shape index (κ1) is 30.8. The van der Waals surface area contributed by atoms with Crippen LogP contribution >= 0.6 is 0 Å². The number of likely N-dealkylation sites (N-methyl/N-ethyl adjacent to an activating group) is 1. The first-order valence-corrected chi connectivity index (χ1v) is 14.4. The number of hydrogen-bond donors (Lipinski definition) is 1. The summed E-state index contributed by atoms with van der Waals surface area (Å²) in [5.41, 5.74) is 5.19. The highest BCUT2D eigenvalue weighted by atomic mass is 16.5. The average molecular weight is 574 g/mol. The highest BCUT2D eigenvalue weighted by Crippen LogP contribution is 2.29. The summed E-state index contributed by atoms with van der Waals surface area (Å²) in [6, 6.07) is 33.4. The van der Waals surface area contributed by atoms with Crippen LogP contribution in [-0.2, 0) is 6.54 Å². The molecule has 0 aromatic heterocycles. The molecule has 1 N–H and O–H groups in total. The van der Waals surface area contributed by atoms with Crippen molar-refractivity contribution in [3.05, 3.63) is 138 Å². The van der Waals surface area contributed by atoms with Gasteiger partial charge in [0.1, 0.15) is 0 Å². The summed E-state index contributed by atoms with van der Waals surface area (Å²) in [5.74, 6) is 1.77. The highest BCUT2D eigenvalue weighted by molar-refractivity contribution is 6.05. The van der Waals surface area contributed by atoms with Gasteiger partial charge in [-0.1, -0.05) is 85.0 Å². The average Bonchev–Trinajstić information content (AvgIpc) is 3.05. The van der Waals surface area contributed by atoms with Crippen molar-refractivity contribution in [3.63, 3.8) is 0 Å². The minimum atomic E-state index is -0.192. The summed E-state index contributed by atoms with van der Waals surface area (Å²) < 4.78 is 11.0. The molecule has 0 fully saturated rings. The van der Waals surface area contributed by atoms with Crippen LogP contribution in [0.2, 0.25) is 0 Å². The van der Waals surface area contributed by atoms with E-state index >= 15 is 0 Å². The van der Waals surface area contributed by atoms with E-state index in [-0.39, 0.29) is 5.91 Å². The van der Waals surface area contributed by atoms with Gasteiger partial charge in [-0.3, -0.25) is 4.79 Å². The van der Waals surface area contributed by atoms with Crippen LogP contribution < -0.4 is 14.8 Å². The van der Waals surface area contributed by atoms with Gasteiger partial charge in [0.25, 0.3) is 5.91 Å². The maximum Gasteiger partial charge on any atom is 0.255 e. The number of allylic oxidation sites excluding steroid dienone is 3. The van der Waals surface area contributed by atoms with E-state index in [2.05, 4.69) is 35.7 Å². The summed E-state index contributed by atoms with van der Waals surface area (Å²) in [5, 5.41) is 3.17. The van der Waals surface area contributed by atoms with Crippen LogP contribution in [0.15, 0.2) is 132 Å². The van der Waals surface area contributed by atoms with Crippen LogP contribution in [0.1, 0.15) is 35.7 Å². The van der Waals surface area contributed by atoms with Crippen molar-refractivity contribution < 1.29 is 14.3 Å². The molecule has 43 heavy (non-hydrogen) atoms. The van der Waals surface area contributed by atoms with Gasteiger partial charge in [-0.2, -0.15) is 0 Å². The van der Waals surface area contributed by atoms with E-state index in [1.807, 2.05) is 97.8 Å². The Balaban J connectivity index is 1.77. The van der Waals surface area contributed by atoms with E-state index in [9.17, 15) is 4.79 Å². The maximum absolute atomic E-state index is 13.4. The van der Waals surface area contributed by atoms with Gasteiger partial charge in [0, 0.05) is 19.2 Å². The fraction of sp³-hybridized carbons (Fsp3) is 0.189. The van der Waals surface area contributed by atoms with Crippen molar-refractivity contribution in [1.29, 1.82) is 0 Å². The van der Waals surface area contributed by atoms with Crippen LogP contribution in [0.25, 0.3) is 11.1 Å². The zero-order chi connectivity index (χ0) is 30.4. The summed E-state index contributed by atoms with van der Waals surface area (Å²) in [4.78, 5) is 20.6. The Bertz CT molecular complexity index is 1580. The van der Waals surface area contributed by atoms with Crippen molar-refractivity contribution in [3.8, 4) is 22.6 Å². The third-order valence-electron chi connectivity index (χ3n) is 6.86. The Morgan fingerprint density at radius 1 is 0.814 bits per heavy atom. The fourth-order valence-electron chi connectivity index (χ4n) is 4.66. The predicted octanol–water partition coefficient (Wildman–Crippen LogP) is 8.20. The van der Waals surface area contributed by atoms with Gasteiger partial charge in [-0.25, -0.2) is 4.99 Å². The Morgan fingerprint density at radius 2 is 1.51 bits per heavy atom. The molecule has 0 atom stereocenters. The SMILES string of the molecule is C/C=C/CC/C=C(/NC(=O)c1ccccc1)C(=Nc1cccc(-c2ccccc2)c1)N(C)Cc1ccc(OC)c(OC)c1. The smallest absolute Gasteiger partial charge is 0.255 e. The minimum absolute atomic E-state index is 0.192. The van der Waals surface area contributed by atoms with Gasteiger partial charge >= 0.3 is 0 Å². The number of nitrogens with one attached hydrogen (secondary N) is 1. The molecule has 0 spiro atoms.